The molecule has 3 aromatic rings. The zero-order valence-electron chi connectivity index (χ0n) is 24.0. The molecule has 0 spiro atoms. The molecule has 21 nitrogen and oxygen atoms in total. The van der Waals surface area contributed by atoms with Gasteiger partial charge in [-0.1, -0.05) is 0 Å². The van der Waals surface area contributed by atoms with Gasteiger partial charge in [0.05, 0.1) is 34.8 Å². The van der Waals surface area contributed by atoms with Crippen LogP contribution >= 0.6 is 0 Å². The standard InChI is InChI=1S/C23H22N4O17S4/c1-11-7-14(17(43-2)10-19(11)45(32,33)6-5-44-48(40,41)42)24-26-20-13(23(30)31)9-16(28)21(22(20)29)27-25-15-8-12(46(34,35)36)3-4-18(15)47(37,38)39/h3-4,7-10,28-29H,5-6H2,1-2H3,(H,30,31)(H,34,35,36)(H,37,38,39)(H,40,41,42). The van der Waals surface area contributed by atoms with Crippen LogP contribution in [0.4, 0.5) is 22.7 Å². The Hall–Kier alpha value is -4.63. The van der Waals surface area contributed by atoms with Crippen LogP contribution < -0.4 is 4.74 Å². The number of aromatic hydroxyl groups is 2. The highest BCUT2D eigenvalue weighted by Crippen LogP contribution is 2.47. The van der Waals surface area contributed by atoms with Crippen molar-refractivity contribution in [2.45, 2.75) is 21.6 Å². The molecule has 0 aliphatic carbocycles. The summed E-state index contributed by atoms with van der Waals surface area (Å²) in [5, 5.41) is 45.1. The van der Waals surface area contributed by atoms with Gasteiger partial charge >= 0.3 is 16.4 Å². The van der Waals surface area contributed by atoms with E-state index in [4.69, 9.17) is 9.29 Å². The number of azo groups is 2. The average molecular weight is 755 g/mol. The number of hydrogen-bond donors (Lipinski definition) is 6. The van der Waals surface area contributed by atoms with Gasteiger partial charge in [-0.15, -0.1) is 20.5 Å². The quantitative estimate of drug-likeness (QED) is 0.108. The number of carbonyl (C=O) groups is 1. The predicted octanol–water partition coefficient (Wildman–Crippen LogP) is 3.03. The monoisotopic (exact) mass is 754 g/mol. The lowest BCUT2D eigenvalue weighted by Gasteiger charge is -2.12. The number of carboxylic acid groups (broad SMARTS) is 1. The molecule has 25 heteroatoms. The lowest BCUT2D eigenvalue weighted by Crippen LogP contribution is -2.16. The third-order valence-electron chi connectivity index (χ3n) is 5.88. The molecule has 6 N–H and O–H groups in total. The van der Waals surface area contributed by atoms with Crippen molar-refractivity contribution in [1.29, 1.82) is 0 Å². The Labute approximate surface area is 271 Å². The molecule has 48 heavy (non-hydrogen) atoms. The molecule has 260 valence electrons. The Bertz CT molecular complexity index is 2300. The van der Waals surface area contributed by atoms with Gasteiger partial charge in [0.25, 0.3) is 20.2 Å². The third kappa shape index (κ3) is 9.04. The van der Waals surface area contributed by atoms with Crippen molar-refractivity contribution < 1.29 is 76.4 Å². The zero-order chi connectivity index (χ0) is 36.4. The summed E-state index contributed by atoms with van der Waals surface area (Å²) in [6.07, 6.45) is 0. The molecular formula is C23H22N4O17S4. The molecule has 0 saturated heterocycles. The first-order chi connectivity index (χ1) is 22.0. The number of phenols is 2. The number of carboxylic acids is 1. The molecule has 0 fully saturated rings. The Morgan fingerprint density at radius 2 is 1.38 bits per heavy atom. The fourth-order valence-corrected chi connectivity index (χ4v) is 6.61. The summed E-state index contributed by atoms with van der Waals surface area (Å²) in [5.74, 6) is -5.19. The number of nitrogens with zero attached hydrogens (tertiary/aromatic N) is 4. The van der Waals surface area contributed by atoms with Gasteiger partial charge in [0, 0.05) is 6.07 Å². The third-order valence-corrected chi connectivity index (χ3v) is 9.90. The molecule has 0 bridgehead atoms. The summed E-state index contributed by atoms with van der Waals surface area (Å²) in [6, 6.07) is 4.25. The van der Waals surface area contributed by atoms with E-state index in [1.54, 1.807) is 0 Å². The molecule has 0 aliphatic rings. The topological polar surface area (TPSA) is 343 Å². The first-order valence-electron chi connectivity index (χ1n) is 12.2. The van der Waals surface area contributed by atoms with Gasteiger partial charge in [0.1, 0.15) is 33.5 Å². The molecule has 0 heterocycles. The molecule has 0 atom stereocenters. The summed E-state index contributed by atoms with van der Waals surface area (Å²) in [4.78, 5) is 9.61. The van der Waals surface area contributed by atoms with Crippen molar-refractivity contribution in [1.82, 2.24) is 0 Å². The van der Waals surface area contributed by atoms with E-state index in [0.717, 1.165) is 19.2 Å². The van der Waals surface area contributed by atoms with Crippen LogP contribution in [-0.4, -0.2) is 88.1 Å². The van der Waals surface area contributed by atoms with Crippen LogP contribution in [0.15, 0.2) is 71.5 Å². The molecule has 0 saturated carbocycles. The second kappa shape index (κ2) is 13.8. The highest BCUT2D eigenvalue weighted by atomic mass is 32.3. The molecule has 0 aromatic heterocycles. The minimum atomic E-state index is -5.08. The summed E-state index contributed by atoms with van der Waals surface area (Å²) in [7, 11) is -18.1. The molecular weight excluding hydrogens is 733 g/mol. The van der Waals surface area contributed by atoms with E-state index in [1.165, 1.54) is 6.92 Å². The molecule has 0 radical (unpaired) electrons. The maximum absolute atomic E-state index is 12.7. The van der Waals surface area contributed by atoms with Crippen LogP contribution in [0.25, 0.3) is 0 Å². The van der Waals surface area contributed by atoms with Crippen molar-refractivity contribution in [3.63, 3.8) is 0 Å². The molecule has 0 unspecified atom stereocenters. The van der Waals surface area contributed by atoms with E-state index in [-0.39, 0.29) is 21.9 Å². The molecule has 3 rings (SSSR count). The van der Waals surface area contributed by atoms with Crippen LogP contribution in [0.5, 0.6) is 17.2 Å². The van der Waals surface area contributed by atoms with Crippen LogP contribution in [0.1, 0.15) is 15.9 Å². The Kier molecular flexibility index (Phi) is 10.9. The fourth-order valence-electron chi connectivity index (χ4n) is 3.75. The highest BCUT2D eigenvalue weighted by Gasteiger charge is 2.25. The van der Waals surface area contributed by atoms with Crippen molar-refractivity contribution in [2.24, 2.45) is 20.5 Å². The Balaban J connectivity index is 2.14. The number of sulfone groups is 1. The van der Waals surface area contributed by atoms with Crippen molar-refractivity contribution in [3.8, 4) is 17.2 Å². The number of phenolic OH excluding ortho intramolecular Hbond substituents is 2. The number of hydrogen-bond acceptors (Lipinski definition) is 17. The smallest absolute Gasteiger partial charge is 0.397 e. The van der Waals surface area contributed by atoms with Gasteiger partial charge in [-0.25, -0.2) is 17.4 Å². The van der Waals surface area contributed by atoms with E-state index >= 15 is 0 Å². The number of aryl methyl sites for hydroxylation is 1. The Morgan fingerprint density at radius 1 is 0.771 bits per heavy atom. The van der Waals surface area contributed by atoms with Crippen LogP contribution in [0.3, 0.4) is 0 Å². The Morgan fingerprint density at radius 3 is 1.92 bits per heavy atom. The number of methoxy groups -OCH3 is 1. The maximum Gasteiger partial charge on any atom is 0.397 e. The summed E-state index contributed by atoms with van der Waals surface area (Å²) >= 11 is 0. The van der Waals surface area contributed by atoms with Gasteiger partial charge in [-0.2, -0.15) is 25.3 Å². The van der Waals surface area contributed by atoms with E-state index in [2.05, 4.69) is 24.6 Å². The summed E-state index contributed by atoms with van der Waals surface area (Å²) in [6.45, 7) is 0.372. The van der Waals surface area contributed by atoms with E-state index in [0.29, 0.717) is 24.3 Å². The largest absolute Gasteiger partial charge is 0.505 e. The second-order valence-corrected chi connectivity index (χ2v) is 15.1. The second-order valence-electron chi connectivity index (χ2n) is 9.13. The number of benzene rings is 3. The van der Waals surface area contributed by atoms with Gasteiger partial charge < -0.3 is 20.1 Å². The number of ether oxygens (including phenoxy) is 1. The minimum Gasteiger partial charge on any atom is -0.505 e. The van der Waals surface area contributed by atoms with Crippen molar-refractivity contribution in [2.75, 3.05) is 19.5 Å². The SMILES string of the molecule is COc1cc(S(=O)(=O)CCOS(=O)(=O)O)c(C)cc1N=Nc1c(C(=O)O)cc(O)c(N=Nc2cc(S(=O)(=O)O)ccc2S(=O)(=O)O)c1O. The zero-order valence-corrected chi connectivity index (χ0v) is 27.2. The summed E-state index contributed by atoms with van der Waals surface area (Å²) < 4.78 is 130. The van der Waals surface area contributed by atoms with Gasteiger partial charge in [-0.05, 0) is 42.8 Å². The van der Waals surface area contributed by atoms with Gasteiger partial charge in [-0.3, -0.25) is 13.7 Å². The normalized spacial score (nSPS) is 12.9. The highest BCUT2D eigenvalue weighted by molar-refractivity contribution is 7.91. The van der Waals surface area contributed by atoms with Gasteiger partial charge in [0.2, 0.25) is 0 Å². The van der Waals surface area contributed by atoms with E-state index < -0.39 is 103 Å². The fraction of sp³-hybridized carbons (Fsp3) is 0.174. The molecule has 3 aromatic carbocycles. The first-order valence-corrected chi connectivity index (χ1v) is 18.1. The molecule has 0 aliphatic heterocycles. The lowest BCUT2D eigenvalue weighted by atomic mass is 10.1. The average Bonchev–Trinajstić information content (AvgIpc) is 2.94. The van der Waals surface area contributed by atoms with Gasteiger partial charge in [0.15, 0.2) is 21.3 Å². The van der Waals surface area contributed by atoms with E-state index in [9.17, 15) is 62.9 Å². The van der Waals surface area contributed by atoms with Crippen LogP contribution in [-0.2, 0) is 44.7 Å². The maximum atomic E-state index is 12.7. The van der Waals surface area contributed by atoms with E-state index in [1.807, 2.05) is 0 Å². The summed E-state index contributed by atoms with van der Waals surface area (Å²) in [5.41, 5.74) is -3.85. The van der Waals surface area contributed by atoms with Crippen LogP contribution in [0, 0.1) is 6.92 Å². The number of rotatable bonds is 13. The first kappa shape index (κ1) is 37.8. The predicted molar refractivity (Wildman–Crippen MR) is 158 cm³/mol. The number of aromatic carboxylic acids is 1. The van der Waals surface area contributed by atoms with Crippen molar-refractivity contribution in [3.05, 3.63) is 47.5 Å². The minimum absolute atomic E-state index is 0.00115. The lowest BCUT2D eigenvalue weighted by molar-refractivity contribution is 0.0696. The van der Waals surface area contributed by atoms with Crippen molar-refractivity contribution >= 4 is 69.2 Å². The molecule has 0 amide bonds. The van der Waals surface area contributed by atoms with Crippen LogP contribution in [0.2, 0.25) is 0 Å².